The molecular weight excluding hydrogens is 572 g/mol. The normalized spacial score (nSPS) is 23.9. The van der Waals surface area contributed by atoms with Crippen molar-refractivity contribution in [1.29, 1.82) is 5.41 Å². The van der Waals surface area contributed by atoms with Crippen molar-refractivity contribution in [1.82, 2.24) is 9.80 Å². The SMILES string of the molecule is CC[Si](CC)(CC)O[C@H](C)[C@H]1C(=O)N2C(C(=O)[O-])=C(COc3cccc4c(C[N+]5(C)CCN(C=N)CC5)cccc34)[C@H](C)[C@H]12. The Labute approximate surface area is 262 Å². The fourth-order valence-electron chi connectivity index (χ4n) is 7.71. The number of rotatable bonds is 13. The van der Waals surface area contributed by atoms with E-state index in [-0.39, 0.29) is 42.2 Å². The van der Waals surface area contributed by atoms with Crippen LogP contribution in [0.5, 0.6) is 5.75 Å². The van der Waals surface area contributed by atoms with E-state index in [1.807, 2.05) is 32.0 Å². The highest BCUT2D eigenvalue weighted by molar-refractivity contribution is 6.73. The lowest BCUT2D eigenvalue weighted by Crippen LogP contribution is -2.65. The number of quaternary nitrogens is 1. The van der Waals surface area contributed by atoms with Gasteiger partial charge in [-0.15, -0.1) is 0 Å². The molecule has 1 N–H and O–H groups in total. The molecule has 0 radical (unpaired) electrons. The number of ether oxygens (including phenoxy) is 1. The van der Waals surface area contributed by atoms with Crippen molar-refractivity contribution in [3.8, 4) is 5.75 Å². The Morgan fingerprint density at radius 1 is 1.11 bits per heavy atom. The summed E-state index contributed by atoms with van der Waals surface area (Å²) in [5.41, 5.74) is 1.79. The van der Waals surface area contributed by atoms with Crippen LogP contribution in [0.2, 0.25) is 18.1 Å². The van der Waals surface area contributed by atoms with Crippen LogP contribution in [0, 0.1) is 17.2 Å². The molecular formula is C34H48N4O5Si. The number of likely N-dealkylation sites (N-methyl/N-ethyl adjacent to an activating group) is 1. The summed E-state index contributed by atoms with van der Waals surface area (Å²) in [5.74, 6) is -1.40. The van der Waals surface area contributed by atoms with Gasteiger partial charge < -0.3 is 33.3 Å². The lowest BCUT2D eigenvalue weighted by Gasteiger charge is -2.49. The fraction of sp³-hybridized carbons (Fsp3) is 0.559. The predicted molar refractivity (Wildman–Crippen MR) is 172 cm³/mol. The van der Waals surface area contributed by atoms with Crippen molar-refractivity contribution in [3.05, 3.63) is 53.2 Å². The molecule has 0 spiro atoms. The molecule has 238 valence electrons. The van der Waals surface area contributed by atoms with Crippen LogP contribution in [0.4, 0.5) is 0 Å². The van der Waals surface area contributed by atoms with E-state index in [0.29, 0.717) is 11.3 Å². The summed E-state index contributed by atoms with van der Waals surface area (Å²) in [6, 6.07) is 15.0. The number of nitrogens with zero attached hydrogens (tertiary/aromatic N) is 3. The Balaban J connectivity index is 1.35. The fourth-order valence-corrected chi connectivity index (χ4v) is 10.6. The van der Waals surface area contributed by atoms with Crippen LogP contribution in [-0.2, 0) is 20.6 Å². The first-order valence-corrected chi connectivity index (χ1v) is 18.7. The van der Waals surface area contributed by atoms with E-state index >= 15 is 0 Å². The van der Waals surface area contributed by atoms with E-state index in [4.69, 9.17) is 14.6 Å². The van der Waals surface area contributed by atoms with E-state index in [2.05, 4.69) is 50.9 Å². The van der Waals surface area contributed by atoms with E-state index < -0.39 is 14.3 Å². The van der Waals surface area contributed by atoms with Crippen LogP contribution >= 0.6 is 0 Å². The Morgan fingerprint density at radius 3 is 2.36 bits per heavy atom. The van der Waals surface area contributed by atoms with Gasteiger partial charge in [0.25, 0.3) is 0 Å². The lowest BCUT2D eigenvalue weighted by atomic mass is 9.78. The Hall–Kier alpha value is -3.21. The van der Waals surface area contributed by atoms with Crippen LogP contribution in [0.3, 0.4) is 0 Å². The van der Waals surface area contributed by atoms with Gasteiger partial charge in [-0.05, 0) is 42.1 Å². The zero-order valence-electron chi connectivity index (χ0n) is 27.1. The molecule has 2 aromatic rings. The summed E-state index contributed by atoms with van der Waals surface area (Å²) < 4.78 is 14.0. The summed E-state index contributed by atoms with van der Waals surface area (Å²) >= 11 is 0. The molecule has 1 amide bonds. The standard InChI is InChI=1S/C34H48N4O5Si/c1-7-44(8-2,9-3)43-24(5)30-31-23(4)28(32(34(40)41)37(31)33(30)39)21-42-29-15-11-13-26-25(12-10-14-27(26)29)20-38(6)18-16-36(22-35)17-19-38/h10-15,22-24,30-31,35H,7-9,16-21H2,1-6H3/t23-,24+,30+,31+/m0/s1. The van der Waals surface area contributed by atoms with Crippen molar-refractivity contribution in [3.63, 3.8) is 0 Å². The summed E-state index contributed by atoms with van der Waals surface area (Å²) in [6.45, 7) is 15.1. The van der Waals surface area contributed by atoms with Crippen molar-refractivity contribution in [2.45, 2.75) is 71.4 Å². The predicted octanol–water partition coefficient (Wildman–Crippen LogP) is 3.98. The number of hydrogen-bond acceptors (Lipinski definition) is 6. The summed E-state index contributed by atoms with van der Waals surface area (Å²) in [6.07, 6.45) is 1.16. The monoisotopic (exact) mass is 620 g/mol. The summed E-state index contributed by atoms with van der Waals surface area (Å²) in [4.78, 5) is 29.3. The minimum Gasteiger partial charge on any atom is -0.543 e. The number of β-lactam (4-membered cyclic amide) rings is 1. The number of piperazine rings is 1. The van der Waals surface area contributed by atoms with Gasteiger partial charge in [0.15, 0.2) is 8.32 Å². The average molecular weight is 621 g/mol. The maximum absolute atomic E-state index is 13.4. The molecule has 4 atom stereocenters. The third-order valence-corrected chi connectivity index (χ3v) is 15.5. The molecule has 2 fully saturated rings. The van der Waals surface area contributed by atoms with Crippen LogP contribution in [0.15, 0.2) is 47.7 Å². The highest BCUT2D eigenvalue weighted by Gasteiger charge is 2.59. The molecule has 0 bridgehead atoms. The zero-order chi connectivity index (χ0) is 31.8. The van der Waals surface area contributed by atoms with Gasteiger partial charge in [0.2, 0.25) is 5.91 Å². The van der Waals surface area contributed by atoms with Gasteiger partial charge in [-0.2, -0.15) is 0 Å². The molecule has 2 aromatic carbocycles. The van der Waals surface area contributed by atoms with Crippen molar-refractivity contribution in [2.24, 2.45) is 11.8 Å². The van der Waals surface area contributed by atoms with Crippen LogP contribution < -0.4 is 9.84 Å². The molecule has 0 aliphatic carbocycles. The largest absolute Gasteiger partial charge is 0.543 e. The number of hydrogen-bond donors (Lipinski definition) is 1. The van der Waals surface area contributed by atoms with Gasteiger partial charge in [0.1, 0.15) is 18.9 Å². The first-order chi connectivity index (χ1) is 21.0. The molecule has 5 rings (SSSR count). The third-order valence-electron chi connectivity index (χ3n) is 10.8. The van der Waals surface area contributed by atoms with Crippen molar-refractivity contribution < 1.29 is 28.3 Å². The molecule has 3 aliphatic rings. The van der Waals surface area contributed by atoms with Gasteiger partial charge in [-0.25, -0.2) is 0 Å². The quantitative estimate of drug-likeness (QED) is 0.119. The van der Waals surface area contributed by atoms with Gasteiger partial charge >= 0.3 is 0 Å². The van der Waals surface area contributed by atoms with Crippen molar-refractivity contribution in [2.75, 3.05) is 39.8 Å². The van der Waals surface area contributed by atoms with E-state index in [1.54, 1.807) is 0 Å². The number of carboxylic acids is 1. The summed E-state index contributed by atoms with van der Waals surface area (Å²) in [7, 11) is 0.331. The summed E-state index contributed by atoms with van der Waals surface area (Å²) in [5, 5.41) is 22.1. The zero-order valence-corrected chi connectivity index (χ0v) is 28.1. The second-order valence-electron chi connectivity index (χ2n) is 13.2. The van der Waals surface area contributed by atoms with Crippen LogP contribution in [-0.4, -0.2) is 92.8 Å². The maximum atomic E-state index is 13.4. The van der Waals surface area contributed by atoms with Crippen molar-refractivity contribution >= 4 is 37.3 Å². The molecule has 0 aromatic heterocycles. The molecule has 9 nitrogen and oxygen atoms in total. The first-order valence-electron chi connectivity index (χ1n) is 16.2. The van der Waals surface area contributed by atoms with Gasteiger partial charge in [0.05, 0.1) is 69.3 Å². The van der Waals surface area contributed by atoms with Gasteiger partial charge in [0, 0.05) is 16.9 Å². The Kier molecular flexibility index (Phi) is 9.25. The van der Waals surface area contributed by atoms with E-state index in [0.717, 1.165) is 66.1 Å². The lowest BCUT2D eigenvalue weighted by molar-refractivity contribution is -0.925. The van der Waals surface area contributed by atoms with E-state index in [9.17, 15) is 14.7 Å². The average Bonchev–Trinajstić information content (AvgIpc) is 3.27. The highest BCUT2D eigenvalue weighted by atomic mass is 28.4. The van der Waals surface area contributed by atoms with E-state index in [1.165, 1.54) is 16.8 Å². The molecule has 2 saturated heterocycles. The number of amides is 1. The number of nitrogens with one attached hydrogen (secondary N) is 1. The topological polar surface area (TPSA) is 106 Å². The van der Waals surface area contributed by atoms with Crippen LogP contribution in [0.25, 0.3) is 10.8 Å². The number of benzene rings is 2. The molecule has 3 aliphatic heterocycles. The second-order valence-corrected chi connectivity index (χ2v) is 17.9. The maximum Gasteiger partial charge on any atom is 0.235 e. The van der Waals surface area contributed by atoms with Gasteiger partial charge in [-0.1, -0.05) is 58.0 Å². The van der Waals surface area contributed by atoms with Gasteiger partial charge in [-0.3, -0.25) is 10.2 Å². The second kappa shape index (κ2) is 12.7. The molecule has 0 saturated carbocycles. The molecule has 10 heteroatoms. The molecule has 44 heavy (non-hydrogen) atoms. The molecule has 0 unspecified atom stereocenters. The minimum absolute atomic E-state index is 0.0386. The number of carboxylic acid groups (broad SMARTS) is 1. The number of carbonyl (C=O) groups is 2. The highest BCUT2D eigenvalue weighted by Crippen LogP contribution is 2.48. The third kappa shape index (κ3) is 5.68. The number of carbonyl (C=O) groups excluding carboxylic acids is 2. The number of aliphatic carboxylic acids is 1. The minimum atomic E-state index is -1.94. The van der Waals surface area contributed by atoms with Crippen LogP contribution in [0.1, 0.15) is 40.2 Å². The first kappa shape index (κ1) is 32.2. The smallest absolute Gasteiger partial charge is 0.235 e. The Bertz CT molecular complexity index is 1440. The molecule has 3 heterocycles. The Morgan fingerprint density at radius 2 is 1.75 bits per heavy atom. The number of fused-ring (bicyclic) bond motifs is 2.